The lowest BCUT2D eigenvalue weighted by Gasteiger charge is -2.10. The molecule has 0 saturated carbocycles. The lowest BCUT2D eigenvalue weighted by atomic mass is 10.3. The minimum absolute atomic E-state index is 0.569. The first-order valence-corrected chi connectivity index (χ1v) is 4.23. The van der Waals surface area contributed by atoms with Crippen LogP contribution in [-0.4, -0.2) is 34.6 Å². The van der Waals surface area contributed by atoms with Gasteiger partial charge in [-0.3, -0.25) is 0 Å². The highest BCUT2D eigenvalue weighted by Gasteiger charge is 2.20. The summed E-state index contributed by atoms with van der Waals surface area (Å²) in [5.74, 6) is 0.615. The van der Waals surface area contributed by atoms with Gasteiger partial charge in [-0.25, -0.2) is 4.98 Å². The molecule has 1 aliphatic rings. The third kappa shape index (κ3) is 1.30. The topological polar surface area (TPSA) is 47.1 Å². The van der Waals surface area contributed by atoms with Crippen LogP contribution < -0.4 is 5.73 Å². The molecule has 2 N–H and O–H groups in total. The predicted molar refractivity (Wildman–Crippen MR) is 47.8 cm³/mol. The quantitative estimate of drug-likeness (QED) is 0.654. The van der Waals surface area contributed by atoms with E-state index in [-0.39, 0.29) is 0 Å². The maximum Gasteiger partial charge on any atom is 0.141 e. The lowest BCUT2D eigenvalue weighted by Crippen LogP contribution is -2.15. The molecule has 1 unspecified atom stereocenters. The first-order valence-electron chi connectivity index (χ1n) is 4.23. The molecule has 1 fully saturated rings. The Morgan fingerprint density at radius 3 is 3.00 bits per heavy atom. The van der Waals surface area contributed by atoms with Crippen LogP contribution in [0.4, 0.5) is 5.82 Å². The van der Waals surface area contributed by atoms with Crippen molar-refractivity contribution in [2.75, 3.05) is 25.9 Å². The fraction of sp³-hybridized carbons (Fsp3) is 0.625. The Hall–Kier alpha value is -1.03. The Morgan fingerprint density at radius 2 is 2.50 bits per heavy atom. The number of nitrogens with zero attached hydrogens (tertiary/aromatic N) is 3. The van der Waals surface area contributed by atoms with E-state index >= 15 is 0 Å². The zero-order valence-corrected chi connectivity index (χ0v) is 7.27. The van der Waals surface area contributed by atoms with Gasteiger partial charge >= 0.3 is 0 Å². The number of nitrogen functional groups attached to an aromatic ring is 1. The minimum Gasteiger partial charge on any atom is -0.382 e. The number of anilines is 1. The van der Waals surface area contributed by atoms with Gasteiger partial charge in [0.05, 0.1) is 6.33 Å². The Labute approximate surface area is 72.0 Å². The number of aromatic nitrogens is 2. The molecule has 12 heavy (non-hydrogen) atoms. The zero-order chi connectivity index (χ0) is 8.55. The summed E-state index contributed by atoms with van der Waals surface area (Å²) in [5, 5.41) is 0. The molecule has 2 heterocycles. The second-order valence-corrected chi connectivity index (χ2v) is 3.45. The molecule has 0 radical (unpaired) electrons. The predicted octanol–water partition coefficient (Wildman–Crippen LogP) is 0.342. The van der Waals surface area contributed by atoms with Gasteiger partial charge < -0.3 is 15.2 Å². The highest BCUT2D eigenvalue weighted by molar-refractivity contribution is 5.23. The van der Waals surface area contributed by atoms with Gasteiger partial charge in [-0.1, -0.05) is 0 Å². The molecule has 1 atom stereocenters. The Balaban J connectivity index is 2.11. The van der Waals surface area contributed by atoms with E-state index in [1.807, 2.05) is 12.5 Å². The molecule has 4 heteroatoms. The summed E-state index contributed by atoms with van der Waals surface area (Å²) in [6, 6.07) is 0.569. The van der Waals surface area contributed by atoms with Crippen molar-refractivity contribution >= 4 is 5.82 Å². The van der Waals surface area contributed by atoms with Crippen LogP contribution in [0, 0.1) is 0 Å². The summed E-state index contributed by atoms with van der Waals surface area (Å²) in [5.41, 5.74) is 5.54. The average molecular weight is 166 g/mol. The van der Waals surface area contributed by atoms with Crippen molar-refractivity contribution in [2.24, 2.45) is 0 Å². The van der Waals surface area contributed by atoms with E-state index in [1.54, 1.807) is 0 Å². The molecule has 1 aromatic rings. The molecule has 2 rings (SSSR count). The van der Waals surface area contributed by atoms with Crippen LogP contribution in [0.15, 0.2) is 12.5 Å². The number of rotatable bonds is 1. The molecule has 1 aliphatic heterocycles. The third-order valence-electron chi connectivity index (χ3n) is 2.41. The summed E-state index contributed by atoms with van der Waals surface area (Å²) in [6.07, 6.45) is 4.93. The smallest absolute Gasteiger partial charge is 0.141 e. The Bertz CT molecular complexity index is 268. The minimum atomic E-state index is 0.569. The van der Waals surface area contributed by atoms with Gasteiger partial charge in [-0.15, -0.1) is 0 Å². The van der Waals surface area contributed by atoms with Gasteiger partial charge in [0.2, 0.25) is 0 Å². The SMILES string of the molecule is CN1CCC(n2cnc(N)c2)C1. The summed E-state index contributed by atoms with van der Waals surface area (Å²) in [4.78, 5) is 6.33. The summed E-state index contributed by atoms with van der Waals surface area (Å²) in [6.45, 7) is 2.28. The summed E-state index contributed by atoms with van der Waals surface area (Å²) < 4.78 is 2.11. The van der Waals surface area contributed by atoms with Crippen LogP contribution in [-0.2, 0) is 0 Å². The molecule has 0 spiro atoms. The van der Waals surface area contributed by atoms with Crippen LogP contribution >= 0.6 is 0 Å². The third-order valence-corrected chi connectivity index (χ3v) is 2.41. The largest absolute Gasteiger partial charge is 0.382 e. The normalized spacial score (nSPS) is 24.9. The van der Waals surface area contributed by atoms with Crippen molar-refractivity contribution in [2.45, 2.75) is 12.5 Å². The molecular weight excluding hydrogens is 152 g/mol. The van der Waals surface area contributed by atoms with Crippen LogP contribution in [0.5, 0.6) is 0 Å². The van der Waals surface area contributed by atoms with E-state index in [2.05, 4.69) is 21.5 Å². The van der Waals surface area contributed by atoms with Crippen molar-refractivity contribution in [1.29, 1.82) is 0 Å². The molecule has 0 aromatic carbocycles. The highest BCUT2D eigenvalue weighted by atomic mass is 15.2. The van der Waals surface area contributed by atoms with Crippen LogP contribution in [0.1, 0.15) is 12.5 Å². The van der Waals surface area contributed by atoms with E-state index in [9.17, 15) is 0 Å². The molecule has 0 aliphatic carbocycles. The van der Waals surface area contributed by atoms with Crippen molar-refractivity contribution in [3.8, 4) is 0 Å². The average Bonchev–Trinajstić information content (AvgIpc) is 2.58. The van der Waals surface area contributed by atoms with E-state index in [1.165, 1.54) is 13.0 Å². The van der Waals surface area contributed by atoms with Gasteiger partial charge in [0.1, 0.15) is 5.82 Å². The van der Waals surface area contributed by atoms with Crippen LogP contribution in [0.2, 0.25) is 0 Å². The van der Waals surface area contributed by atoms with Crippen LogP contribution in [0.25, 0.3) is 0 Å². The fourth-order valence-electron chi connectivity index (χ4n) is 1.71. The van der Waals surface area contributed by atoms with Gasteiger partial charge in [-0.2, -0.15) is 0 Å². The molecule has 4 nitrogen and oxygen atoms in total. The van der Waals surface area contributed by atoms with Gasteiger partial charge in [-0.05, 0) is 20.0 Å². The Morgan fingerprint density at radius 1 is 1.67 bits per heavy atom. The molecule has 1 aromatic heterocycles. The number of likely N-dealkylation sites (N-methyl/N-ethyl adjacent to an activating group) is 1. The van der Waals surface area contributed by atoms with E-state index in [0.717, 1.165) is 6.54 Å². The van der Waals surface area contributed by atoms with Gasteiger partial charge in [0, 0.05) is 18.8 Å². The summed E-state index contributed by atoms with van der Waals surface area (Å²) >= 11 is 0. The number of imidazole rings is 1. The second kappa shape index (κ2) is 2.79. The summed E-state index contributed by atoms with van der Waals surface area (Å²) in [7, 11) is 2.14. The van der Waals surface area contributed by atoms with Gasteiger partial charge in [0.15, 0.2) is 0 Å². The molecule has 0 bridgehead atoms. The number of hydrogen-bond acceptors (Lipinski definition) is 3. The second-order valence-electron chi connectivity index (χ2n) is 3.45. The Kier molecular flexibility index (Phi) is 1.77. The highest BCUT2D eigenvalue weighted by Crippen LogP contribution is 2.20. The monoisotopic (exact) mass is 166 g/mol. The van der Waals surface area contributed by atoms with E-state index < -0.39 is 0 Å². The number of nitrogens with two attached hydrogens (primary N) is 1. The molecule has 0 amide bonds. The lowest BCUT2D eigenvalue weighted by molar-refractivity contribution is 0.392. The maximum absolute atomic E-state index is 5.54. The molecule has 1 saturated heterocycles. The first-order chi connectivity index (χ1) is 5.75. The standard InChI is InChI=1S/C8H14N4/c1-11-3-2-7(4-11)12-5-8(9)10-6-12/h5-7H,2-4,9H2,1H3. The van der Waals surface area contributed by atoms with Gasteiger partial charge in [0.25, 0.3) is 0 Å². The van der Waals surface area contributed by atoms with E-state index in [4.69, 9.17) is 5.73 Å². The maximum atomic E-state index is 5.54. The first kappa shape index (κ1) is 7.61. The molecule has 66 valence electrons. The van der Waals surface area contributed by atoms with Crippen molar-refractivity contribution < 1.29 is 0 Å². The molecular formula is C8H14N4. The van der Waals surface area contributed by atoms with Crippen LogP contribution in [0.3, 0.4) is 0 Å². The zero-order valence-electron chi connectivity index (χ0n) is 7.27. The number of likely N-dealkylation sites (tertiary alicyclic amines) is 1. The van der Waals surface area contributed by atoms with Crippen molar-refractivity contribution in [3.63, 3.8) is 0 Å². The number of hydrogen-bond donors (Lipinski definition) is 1. The van der Waals surface area contributed by atoms with E-state index in [0.29, 0.717) is 11.9 Å². The van der Waals surface area contributed by atoms with Crippen molar-refractivity contribution in [3.05, 3.63) is 12.5 Å². The van der Waals surface area contributed by atoms with Crippen molar-refractivity contribution in [1.82, 2.24) is 14.5 Å². The fourth-order valence-corrected chi connectivity index (χ4v) is 1.71.